The van der Waals surface area contributed by atoms with E-state index in [1.54, 1.807) is 7.11 Å². The predicted molar refractivity (Wildman–Crippen MR) is 63.5 cm³/mol. The maximum Gasteiger partial charge on any atom is 0.147 e. The zero-order valence-corrected chi connectivity index (χ0v) is 11.0. The summed E-state index contributed by atoms with van der Waals surface area (Å²) in [6.07, 6.45) is 0. The Labute approximate surface area is 101 Å². The van der Waals surface area contributed by atoms with Crippen molar-refractivity contribution < 1.29 is 4.74 Å². The number of hydrogen-bond donors (Lipinski definition) is 1. The summed E-state index contributed by atoms with van der Waals surface area (Å²) in [7, 11) is 1.63. The second-order valence-electron chi connectivity index (χ2n) is 2.30. The molecule has 0 aromatic heterocycles. The molecule has 0 saturated carbocycles. The Kier molecular flexibility index (Phi) is 5.96. The molecule has 0 unspecified atom stereocenters. The van der Waals surface area contributed by atoms with Crippen LogP contribution in [0, 0.1) is 0 Å². The van der Waals surface area contributed by atoms with Crippen molar-refractivity contribution in [2.24, 2.45) is 5.73 Å². The number of benzene rings is 1. The molecular weight excluding hydrogens is 321 g/mol. The quantitative estimate of drug-likeness (QED) is 0.904. The summed E-state index contributed by atoms with van der Waals surface area (Å²) in [4.78, 5) is 0. The van der Waals surface area contributed by atoms with Crippen molar-refractivity contribution in [3.8, 4) is 5.75 Å². The first kappa shape index (κ1) is 13.2. The highest BCUT2D eigenvalue weighted by molar-refractivity contribution is 9.11. The molecule has 0 aliphatic rings. The van der Waals surface area contributed by atoms with Crippen LogP contribution in [0.2, 0.25) is 0 Å². The Morgan fingerprint density at radius 1 is 1.31 bits per heavy atom. The third-order valence-corrected chi connectivity index (χ3v) is 2.68. The molecule has 0 bridgehead atoms. The summed E-state index contributed by atoms with van der Waals surface area (Å²) in [5.41, 5.74) is 6.56. The van der Waals surface area contributed by atoms with Crippen LogP contribution in [0.5, 0.6) is 5.75 Å². The number of hydrogen-bond acceptors (Lipinski definition) is 2. The lowest BCUT2D eigenvalue weighted by Gasteiger charge is -2.07. The van der Waals surface area contributed by atoms with Crippen LogP contribution >= 0.6 is 44.3 Å². The van der Waals surface area contributed by atoms with Gasteiger partial charge in [-0.25, -0.2) is 0 Å². The van der Waals surface area contributed by atoms with Gasteiger partial charge >= 0.3 is 0 Å². The van der Waals surface area contributed by atoms with Gasteiger partial charge in [-0.15, -0.1) is 12.4 Å². The summed E-state index contributed by atoms with van der Waals surface area (Å²) in [6, 6.07) is 3.90. The van der Waals surface area contributed by atoms with Crippen molar-refractivity contribution in [1.82, 2.24) is 0 Å². The molecule has 0 radical (unpaired) electrons. The molecule has 1 rings (SSSR count). The van der Waals surface area contributed by atoms with Gasteiger partial charge in [0, 0.05) is 6.54 Å². The lowest BCUT2D eigenvalue weighted by atomic mass is 10.2. The van der Waals surface area contributed by atoms with E-state index >= 15 is 0 Å². The van der Waals surface area contributed by atoms with Gasteiger partial charge in [0.15, 0.2) is 0 Å². The molecule has 0 saturated heterocycles. The Bertz CT molecular complexity index is 270. The van der Waals surface area contributed by atoms with Crippen LogP contribution in [0.3, 0.4) is 0 Å². The van der Waals surface area contributed by atoms with Crippen LogP contribution in [0.25, 0.3) is 0 Å². The molecule has 5 heteroatoms. The Morgan fingerprint density at radius 2 is 1.77 bits per heavy atom. The first-order chi connectivity index (χ1) is 5.69. The van der Waals surface area contributed by atoms with Gasteiger partial charge in [-0.05, 0) is 49.6 Å². The molecule has 2 N–H and O–H groups in total. The zero-order chi connectivity index (χ0) is 9.14. The van der Waals surface area contributed by atoms with Gasteiger partial charge in [0.1, 0.15) is 5.75 Å². The molecule has 0 atom stereocenters. The molecule has 13 heavy (non-hydrogen) atoms. The Hall–Kier alpha value is 0.230. The van der Waals surface area contributed by atoms with Crippen LogP contribution in [0.1, 0.15) is 5.56 Å². The fourth-order valence-corrected chi connectivity index (χ4v) is 2.53. The van der Waals surface area contributed by atoms with E-state index < -0.39 is 0 Å². The Morgan fingerprint density at radius 3 is 2.08 bits per heavy atom. The molecule has 0 aliphatic heterocycles. The molecule has 1 aromatic rings. The second kappa shape index (κ2) is 5.86. The Balaban J connectivity index is 0.00000144. The van der Waals surface area contributed by atoms with Crippen LogP contribution < -0.4 is 10.5 Å². The van der Waals surface area contributed by atoms with Gasteiger partial charge in [-0.3, -0.25) is 0 Å². The maximum atomic E-state index is 5.50. The molecular formula is C8H10Br2ClNO. The van der Waals surface area contributed by atoms with Gasteiger partial charge in [-0.1, -0.05) is 0 Å². The molecule has 0 spiro atoms. The van der Waals surface area contributed by atoms with Gasteiger partial charge in [0.25, 0.3) is 0 Å². The van der Waals surface area contributed by atoms with Crippen molar-refractivity contribution in [2.45, 2.75) is 6.54 Å². The van der Waals surface area contributed by atoms with E-state index in [9.17, 15) is 0 Å². The SMILES string of the molecule is COc1c(Br)cc(CN)cc1Br.Cl. The maximum absolute atomic E-state index is 5.50. The van der Waals surface area contributed by atoms with E-state index in [0.29, 0.717) is 6.54 Å². The number of nitrogens with two attached hydrogens (primary N) is 1. The van der Waals surface area contributed by atoms with E-state index in [1.807, 2.05) is 12.1 Å². The fourth-order valence-electron chi connectivity index (χ4n) is 0.925. The number of rotatable bonds is 2. The van der Waals surface area contributed by atoms with Crippen LogP contribution in [0.15, 0.2) is 21.1 Å². The van der Waals surface area contributed by atoms with Crippen molar-refractivity contribution >= 4 is 44.3 Å². The molecule has 74 valence electrons. The van der Waals surface area contributed by atoms with Crippen LogP contribution in [0.4, 0.5) is 0 Å². The van der Waals surface area contributed by atoms with Crippen molar-refractivity contribution in [3.63, 3.8) is 0 Å². The molecule has 0 aliphatic carbocycles. The van der Waals surface area contributed by atoms with Crippen LogP contribution in [-0.2, 0) is 6.54 Å². The van der Waals surface area contributed by atoms with E-state index in [-0.39, 0.29) is 12.4 Å². The minimum atomic E-state index is 0. The summed E-state index contributed by atoms with van der Waals surface area (Å²) >= 11 is 6.78. The van der Waals surface area contributed by atoms with Gasteiger partial charge in [0.05, 0.1) is 16.1 Å². The largest absolute Gasteiger partial charge is 0.494 e. The van der Waals surface area contributed by atoms with E-state index in [1.165, 1.54) is 0 Å². The van der Waals surface area contributed by atoms with Crippen LogP contribution in [-0.4, -0.2) is 7.11 Å². The monoisotopic (exact) mass is 329 g/mol. The summed E-state index contributed by atoms with van der Waals surface area (Å²) in [5, 5.41) is 0. The van der Waals surface area contributed by atoms with Gasteiger partial charge in [0.2, 0.25) is 0 Å². The van der Waals surface area contributed by atoms with Crippen molar-refractivity contribution in [3.05, 3.63) is 26.6 Å². The predicted octanol–water partition coefficient (Wildman–Crippen LogP) is 3.10. The standard InChI is InChI=1S/C8H9Br2NO.ClH/c1-12-8-6(9)2-5(4-11)3-7(8)10;/h2-3H,4,11H2,1H3;1H. The van der Waals surface area contributed by atoms with Crippen molar-refractivity contribution in [1.29, 1.82) is 0 Å². The second-order valence-corrected chi connectivity index (χ2v) is 4.01. The topological polar surface area (TPSA) is 35.2 Å². The minimum Gasteiger partial charge on any atom is -0.494 e. The minimum absolute atomic E-state index is 0. The smallest absolute Gasteiger partial charge is 0.147 e. The summed E-state index contributed by atoms with van der Waals surface area (Å²) in [6.45, 7) is 0.529. The summed E-state index contributed by atoms with van der Waals surface area (Å²) in [5.74, 6) is 0.798. The third-order valence-electron chi connectivity index (χ3n) is 1.50. The molecule has 0 fully saturated rings. The first-order valence-electron chi connectivity index (χ1n) is 3.41. The highest BCUT2D eigenvalue weighted by Crippen LogP contribution is 2.34. The van der Waals surface area contributed by atoms with E-state index in [2.05, 4.69) is 31.9 Å². The molecule has 0 amide bonds. The zero-order valence-electron chi connectivity index (χ0n) is 7.01. The number of methoxy groups -OCH3 is 1. The highest BCUT2D eigenvalue weighted by atomic mass is 79.9. The average molecular weight is 331 g/mol. The third kappa shape index (κ3) is 3.13. The molecule has 1 aromatic carbocycles. The molecule has 2 nitrogen and oxygen atoms in total. The van der Waals surface area contributed by atoms with E-state index in [4.69, 9.17) is 10.5 Å². The van der Waals surface area contributed by atoms with Gasteiger partial charge in [-0.2, -0.15) is 0 Å². The van der Waals surface area contributed by atoms with E-state index in [0.717, 1.165) is 20.3 Å². The highest BCUT2D eigenvalue weighted by Gasteiger charge is 2.06. The van der Waals surface area contributed by atoms with Crippen molar-refractivity contribution in [2.75, 3.05) is 7.11 Å². The number of halogens is 3. The fraction of sp³-hybridized carbons (Fsp3) is 0.250. The number of ether oxygens (including phenoxy) is 1. The average Bonchev–Trinajstić information content (AvgIpc) is 2.03. The van der Waals surface area contributed by atoms with Gasteiger partial charge < -0.3 is 10.5 Å². The lowest BCUT2D eigenvalue weighted by Crippen LogP contribution is -1.97. The summed E-state index contributed by atoms with van der Waals surface area (Å²) < 4.78 is 6.97. The first-order valence-corrected chi connectivity index (χ1v) is 4.99. The molecule has 0 heterocycles. The normalized spacial score (nSPS) is 9.23. The lowest BCUT2D eigenvalue weighted by molar-refractivity contribution is 0.409.